The van der Waals surface area contributed by atoms with Gasteiger partial charge < -0.3 is 5.32 Å². The zero-order valence-electron chi connectivity index (χ0n) is 12.9. The Morgan fingerprint density at radius 1 is 1.10 bits per heavy atom. The van der Waals surface area contributed by atoms with Crippen LogP contribution in [0.25, 0.3) is 0 Å². The third-order valence-corrected chi connectivity index (χ3v) is 3.62. The van der Waals surface area contributed by atoms with Crippen LogP contribution < -0.4 is 5.32 Å². The third kappa shape index (κ3) is 6.00. The van der Waals surface area contributed by atoms with Crippen molar-refractivity contribution in [3.8, 4) is 0 Å². The molecule has 20 heavy (non-hydrogen) atoms. The molecule has 0 saturated heterocycles. The predicted molar refractivity (Wildman–Crippen MR) is 80.8 cm³/mol. The van der Waals surface area contributed by atoms with Crippen LogP contribution in [0.1, 0.15) is 52.0 Å². The van der Waals surface area contributed by atoms with Gasteiger partial charge in [-0.05, 0) is 49.4 Å². The van der Waals surface area contributed by atoms with E-state index in [4.69, 9.17) is 0 Å². The van der Waals surface area contributed by atoms with E-state index < -0.39 is 11.6 Å². The molecule has 0 aromatic heterocycles. The van der Waals surface area contributed by atoms with Crippen LogP contribution in [0, 0.1) is 17.6 Å². The van der Waals surface area contributed by atoms with Crippen LogP contribution in [0.3, 0.4) is 0 Å². The highest BCUT2D eigenvalue weighted by Crippen LogP contribution is 2.17. The molecule has 0 bridgehead atoms. The first-order valence-corrected chi connectivity index (χ1v) is 7.74. The Hall–Kier alpha value is -0.960. The molecule has 0 aliphatic carbocycles. The van der Waals surface area contributed by atoms with Crippen molar-refractivity contribution in [1.82, 2.24) is 5.32 Å². The Labute approximate surface area is 121 Å². The molecule has 3 heteroatoms. The van der Waals surface area contributed by atoms with E-state index in [2.05, 4.69) is 26.1 Å². The Balaban J connectivity index is 2.64. The van der Waals surface area contributed by atoms with Crippen LogP contribution in [-0.4, -0.2) is 12.6 Å². The van der Waals surface area contributed by atoms with Crippen LogP contribution in [0.15, 0.2) is 18.2 Å². The fraction of sp³-hybridized carbons (Fsp3) is 0.647. The minimum atomic E-state index is -0.772. The summed E-state index contributed by atoms with van der Waals surface area (Å²) in [5, 5.41) is 3.53. The summed E-state index contributed by atoms with van der Waals surface area (Å²) in [6.07, 6.45) is 5.31. The first-order valence-electron chi connectivity index (χ1n) is 7.74. The smallest absolute Gasteiger partial charge is 0.159 e. The van der Waals surface area contributed by atoms with E-state index in [1.165, 1.54) is 25.0 Å². The highest BCUT2D eigenvalue weighted by Gasteiger charge is 2.14. The van der Waals surface area contributed by atoms with Gasteiger partial charge in [0.15, 0.2) is 11.6 Å². The molecular weight excluding hydrogens is 256 g/mol. The average Bonchev–Trinajstić information content (AvgIpc) is 2.40. The van der Waals surface area contributed by atoms with Crippen LogP contribution in [0.5, 0.6) is 0 Å². The van der Waals surface area contributed by atoms with Crippen molar-refractivity contribution in [1.29, 1.82) is 0 Å². The Bertz CT molecular complexity index is 393. The lowest BCUT2D eigenvalue weighted by molar-refractivity contribution is 0.380. The molecule has 0 aliphatic heterocycles. The van der Waals surface area contributed by atoms with Crippen molar-refractivity contribution in [2.45, 2.75) is 58.9 Å². The quantitative estimate of drug-likeness (QED) is 0.692. The lowest BCUT2D eigenvalue weighted by atomic mass is 9.93. The van der Waals surface area contributed by atoms with E-state index in [1.807, 2.05) is 0 Å². The van der Waals surface area contributed by atoms with E-state index in [0.717, 1.165) is 31.4 Å². The van der Waals surface area contributed by atoms with Gasteiger partial charge in [0.25, 0.3) is 0 Å². The molecule has 1 nitrogen and oxygen atoms in total. The number of nitrogens with one attached hydrogen (secondary N) is 1. The van der Waals surface area contributed by atoms with E-state index in [-0.39, 0.29) is 0 Å². The highest BCUT2D eigenvalue weighted by atomic mass is 19.2. The van der Waals surface area contributed by atoms with Gasteiger partial charge in [0.05, 0.1) is 0 Å². The second-order valence-corrected chi connectivity index (χ2v) is 5.73. The number of hydrogen-bond acceptors (Lipinski definition) is 1. The largest absolute Gasteiger partial charge is 0.314 e. The molecule has 0 aliphatic rings. The molecular formula is C17H27F2N. The fourth-order valence-electron chi connectivity index (χ4n) is 2.63. The maximum absolute atomic E-state index is 13.3. The first kappa shape index (κ1) is 17.1. The van der Waals surface area contributed by atoms with E-state index in [1.54, 1.807) is 6.07 Å². The van der Waals surface area contributed by atoms with Crippen molar-refractivity contribution in [2.24, 2.45) is 5.92 Å². The zero-order valence-corrected chi connectivity index (χ0v) is 12.9. The summed E-state index contributed by atoms with van der Waals surface area (Å²) in [5.41, 5.74) is 0.862. The number of hydrogen-bond donors (Lipinski definition) is 1. The molecule has 1 N–H and O–H groups in total. The van der Waals surface area contributed by atoms with Gasteiger partial charge in [-0.2, -0.15) is 0 Å². The topological polar surface area (TPSA) is 12.0 Å². The molecule has 2 unspecified atom stereocenters. The molecule has 1 rings (SSSR count). The minimum absolute atomic E-state index is 0.335. The summed E-state index contributed by atoms with van der Waals surface area (Å²) in [5.74, 6) is -0.871. The van der Waals surface area contributed by atoms with Gasteiger partial charge in [0, 0.05) is 6.04 Å². The third-order valence-electron chi connectivity index (χ3n) is 3.62. The normalized spacial score (nSPS) is 14.2. The lowest BCUT2D eigenvalue weighted by Crippen LogP contribution is -2.33. The Morgan fingerprint density at radius 3 is 2.45 bits per heavy atom. The van der Waals surface area contributed by atoms with Crippen LogP contribution >= 0.6 is 0 Å². The number of rotatable bonds is 9. The highest BCUT2D eigenvalue weighted by molar-refractivity contribution is 5.18. The van der Waals surface area contributed by atoms with Crippen LogP contribution in [-0.2, 0) is 6.42 Å². The number of halogens is 2. The zero-order chi connectivity index (χ0) is 15.0. The van der Waals surface area contributed by atoms with Crippen molar-refractivity contribution in [3.63, 3.8) is 0 Å². The van der Waals surface area contributed by atoms with Crippen molar-refractivity contribution >= 4 is 0 Å². The average molecular weight is 283 g/mol. The maximum atomic E-state index is 13.3. The molecule has 0 fully saturated rings. The monoisotopic (exact) mass is 283 g/mol. The first-order chi connectivity index (χ1) is 9.56. The van der Waals surface area contributed by atoms with E-state index in [9.17, 15) is 8.78 Å². The predicted octanol–water partition coefficient (Wildman–Crippen LogP) is 4.70. The van der Waals surface area contributed by atoms with Gasteiger partial charge in [-0.25, -0.2) is 8.78 Å². The van der Waals surface area contributed by atoms with Gasteiger partial charge in [-0.3, -0.25) is 0 Å². The minimum Gasteiger partial charge on any atom is -0.314 e. The SMILES string of the molecule is CCCNC(Cc1ccc(F)c(F)c1)CC(C)CCC. The molecule has 2 atom stereocenters. The lowest BCUT2D eigenvalue weighted by Gasteiger charge is -2.22. The van der Waals surface area contributed by atoms with Gasteiger partial charge in [0.1, 0.15) is 0 Å². The standard InChI is InChI=1S/C17H27F2N/c1-4-6-13(3)10-15(20-9-5-2)11-14-7-8-16(18)17(19)12-14/h7-8,12-13,15,20H,4-6,9-11H2,1-3H3. The van der Waals surface area contributed by atoms with Gasteiger partial charge >= 0.3 is 0 Å². The van der Waals surface area contributed by atoms with E-state index >= 15 is 0 Å². The Morgan fingerprint density at radius 2 is 1.85 bits per heavy atom. The van der Waals surface area contributed by atoms with Crippen molar-refractivity contribution in [2.75, 3.05) is 6.54 Å². The maximum Gasteiger partial charge on any atom is 0.159 e. The van der Waals surface area contributed by atoms with Gasteiger partial charge in [-0.1, -0.05) is 39.7 Å². The molecule has 0 spiro atoms. The summed E-state index contributed by atoms with van der Waals surface area (Å²) in [7, 11) is 0. The molecule has 0 saturated carbocycles. The second kappa shape index (κ2) is 9.06. The Kier molecular flexibility index (Phi) is 7.75. The van der Waals surface area contributed by atoms with Crippen molar-refractivity contribution < 1.29 is 8.78 Å². The number of benzene rings is 1. The second-order valence-electron chi connectivity index (χ2n) is 5.73. The van der Waals surface area contributed by atoms with Crippen molar-refractivity contribution in [3.05, 3.63) is 35.4 Å². The molecule has 0 heterocycles. The molecule has 1 aromatic carbocycles. The van der Waals surface area contributed by atoms with Crippen LogP contribution in [0.4, 0.5) is 8.78 Å². The molecule has 0 amide bonds. The molecule has 1 aromatic rings. The summed E-state index contributed by atoms with van der Waals surface area (Å²) < 4.78 is 26.2. The molecule has 114 valence electrons. The molecule has 0 radical (unpaired) electrons. The van der Waals surface area contributed by atoms with E-state index in [0.29, 0.717) is 12.0 Å². The fourth-order valence-corrected chi connectivity index (χ4v) is 2.63. The van der Waals surface area contributed by atoms with Gasteiger partial charge in [0.2, 0.25) is 0 Å². The summed E-state index contributed by atoms with van der Waals surface area (Å²) >= 11 is 0. The summed E-state index contributed by atoms with van der Waals surface area (Å²) in [4.78, 5) is 0. The van der Waals surface area contributed by atoms with Gasteiger partial charge in [-0.15, -0.1) is 0 Å². The summed E-state index contributed by atoms with van der Waals surface area (Å²) in [6.45, 7) is 7.56. The van der Waals surface area contributed by atoms with Crippen LogP contribution in [0.2, 0.25) is 0 Å². The summed E-state index contributed by atoms with van der Waals surface area (Å²) in [6, 6.07) is 4.56.